The molecule has 0 bridgehead atoms. The van der Waals surface area contributed by atoms with Crippen LogP contribution in [0.2, 0.25) is 0 Å². The van der Waals surface area contributed by atoms with Gasteiger partial charge in [-0.1, -0.05) is 5.57 Å². The Hall–Kier alpha value is -1.50. The predicted molar refractivity (Wildman–Crippen MR) is 55.8 cm³/mol. The molecule has 0 atom stereocenters. The lowest BCUT2D eigenvalue weighted by molar-refractivity contribution is 0.391. The Morgan fingerprint density at radius 1 is 1.20 bits per heavy atom. The monoisotopic (exact) mass is 206 g/mol. The van der Waals surface area contributed by atoms with Crippen molar-refractivity contribution in [3.63, 3.8) is 0 Å². The van der Waals surface area contributed by atoms with Gasteiger partial charge in [-0.15, -0.1) is 0 Å². The van der Waals surface area contributed by atoms with Gasteiger partial charge in [0.25, 0.3) is 0 Å². The number of carbonyl (C=O) groups excluding carboxylic acids is 2. The van der Waals surface area contributed by atoms with E-state index in [1.165, 1.54) is 12.2 Å². The second-order valence-electron chi connectivity index (χ2n) is 3.91. The molecule has 1 saturated carbocycles. The van der Waals surface area contributed by atoms with E-state index < -0.39 is 5.66 Å². The molecule has 15 heavy (non-hydrogen) atoms. The summed E-state index contributed by atoms with van der Waals surface area (Å²) in [7, 11) is 0. The maximum atomic E-state index is 10.4. The topological polar surface area (TPSA) is 58.9 Å². The third kappa shape index (κ3) is 2.30. The fraction of sp³-hybridized carbons (Fsp3) is 0.636. The summed E-state index contributed by atoms with van der Waals surface area (Å²) in [4.78, 5) is 28.3. The minimum absolute atomic E-state index is 0.595. The highest BCUT2D eigenvalue weighted by atomic mass is 16.1. The van der Waals surface area contributed by atoms with Gasteiger partial charge in [-0.05, 0) is 45.1 Å². The van der Waals surface area contributed by atoms with Crippen molar-refractivity contribution >= 4 is 12.2 Å². The van der Waals surface area contributed by atoms with E-state index in [0.717, 1.165) is 30.4 Å². The molecule has 0 aliphatic heterocycles. The summed E-state index contributed by atoms with van der Waals surface area (Å²) in [6.07, 6.45) is 6.42. The summed E-state index contributed by atoms with van der Waals surface area (Å²) < 4.78 is 0. The highest BCUT2D eigenvalue weighted by molar-refractivity contribution is 5.44. The third-order valence-electron chi connectivity index (χ3n) is 2.75. The van der Waals surface area contributed by atoms with Crippen molar-refractivity contribution in [2.75, 3.05) is 0 Å². The van der Waals surface area contributed by atoms with Crippen LogP contribution in [-0.2, 0) is 9.59 Å². The first-order chi connectivity index (χ1) is 7.16. The molecule has 1 aliphatic rings. The molecule has 0 saturated heterocycles. The fourth-order valence-corrected chi connectivity index (χ4v) is 2.10. The summed E-state index contributed by atoms with van der Waals surface area (Å²) in [5.41, 5.74) is 1.02. The molecule has 4 nitrogen and oxygen atoms in total. The van der Waals surface area contributed by atoms with Crippen LogP contribution in [0.5, 0.6) is 0 Å². The number of nitrogens with zero attached hydrogens (tertiary/aromatic N) is 2. The largest absolute Gasteiger partial charge is 0.237 e. The maximum absolute atomic E-state index is 10.4. The van der Waals surface area contributed by atoms with Crippen LogP contribution in [0.25, 0.3) is 0 Å². The Morgan fingerprint density at radius 2 is 1.80 bits per heavy atom. The number of isocyanates is 2. The highest BCUT2D eigenvalue weighted by Crippen LogP contribution is 2.38. The van der Waals surface area contributed by atoms with Crippen LogP contribution in [0, 0.1) is 0 Å². The Bertz CT molecular complexity index is 350. The van der Waals surface area contributed by atoms with Crippen molar-refractivity contribution in [3.8, 4) is 0 Å². The quantitative estimate of drug-likeness (QED) is 0.395. The first kappa shape index (κ1) is 11.6. The smallest absolute Gasteiger partial charge is 0.211 e. The van der Waals surface area contributed by atoms with Crippen molar-refractivity contribution in [2.24, 2.45) is 9.98 Å². The molecule has 1 aliphatic carbocycles. The molecule has 4 heteroatoms. The van der Waals surface area contributed by atoms with Crippen LogP contribution in [0.15, 0.2) is 21.1 Å². The van der Waals surface area contributed by atoms with Crippen LogP contribution < -0.4 is 0 Å². The van der Waals surface area contributed by atoms with Crippen LogP contribution in [0.3, 0.4) is 0 Å². The zero-order valence-electron chi connectivity index (χ0n) is 9.04. The van der Waals surface area contributed by atoms with Gasteiger partial charge in [-0.3, -0.25) is 0 Å². The number of aliphatic imine (C=N–C) groups is 2. The van der Waals surface area contributed by atoms with Gasteiger partial charge in [0.05, 0.1) is 0 Å². The zero-order valence-corrected chi connectivity index (χ0v) is 9.04. The fourth-order valence-electron chi connectivity index (χ4n) is 2.10. The molecule has 1 rings (SSSR count). The van der Waals surface area contributed by atoms with Crippen molar-refractivity contribution in [2.45, 2.75) is 45.2 Å². The first-order valence-corrected chi connectivity index (χ1v) is 5.01. The van der Waals surface area contributed by atoms with E-state index in [9.17, 15) is 9.59 Å². The van der Waals surface area contributed by atoms with Gasteiger partial charge < -0.3 is 0 Å². The molecule has 0 spiro atoms. The SMILES string of the molecule is CC(C)=C1CCCCC1(N=C=O)N=C=O. The summed E-state index contributed by atoms with van der Waals surface area (Å²) >= 11 is 0. The Kier molecular flexibility index (Phi) is 3.73. The van der Waals surface area contributed by atoms with Crippen LogP contribution in [-0.4, -0.2) is 17.8 Å². The molecule has 0 unspecified atom stereocenters. The minimum Gasteiger partial charge on any atom is -0.211 e. The first-order valence-electron chi connectivity index (χ1n) is 5.01. The van der Waals surface area contributed by atoms with E-state index >= 15 is 0 Å². The van der Waals surface area contributed by atoms with E-state index in [1.807, 2.05) is 13.8 Å². The molecule has 0 aromatic carbocycles. The number of hydrogen-bond donors (Lipinski definition) is 0. The maximum Gasteiger partial charge on any atom is 0.237 e. The van der Waals surface area contributed by atoms with E-state index in [2.05, 4.69) is 9.98 Å². The lowest BCUT2D eigenvalue weighted by atomic mass is 9.82. The van der Waals surface area contributed by atoms with Gasteiger partial charge in [0, 0.05) is 0 Å². The molecule has 0 heterocycles. The molecule has 80 valence electrons. The molecule has 0 N–H and O–H groups in total. The Balaban J connectivity index is 3.28. The second kappa shape index (κ2) is 4.83. The van der Waals surface area contributed by atoms with E-state index in [1.54, 1.807) is 0 Å². The Morgan fingerprint density at radius 3 is 2.27 bits per heavy atom. The predicted octanol–water partition coefficient (Wildman–Crippen LogP) is 2.26. The molecule has 0 aromatic rings. The summed E-state index contributed by atoms with van der Waals surface area (Å²) in [5, 5.41) is 0. The van der Waals surface area contributed by atoms with Crippen LogP contribution in [0.1, 0.15) is 39.5 Å². The summed E-state index contributed by atoms with van der Waals surface area (Å²) in [6.45, 7) is 3.88. The Labute approximate surface area is 88.8 Å². The standard InChI is InChI=1S/C11H14N2O2/c1-9(2)10-5-3-4-6-11(10,12-7-14)13-8-15/h3-6H2,1-2H3. The van der Waals surface area contributed by atoms with Crippen molar-refractivity contribution in [3.05, 3.63) is 11.1 Å². The lowest BCUT2D eigenvalue weighted by Gasteiger charge is -2.31. The number of allylic oxidation sites excluding steroid dienone is 1. The van der Waals surface area contributed by atoms with Crippen molar-refractivity contribution in [1.82, 2.24) is 0 Å². The van der Waals surface area contributed by atoms with Crippen molar-refractivity contribution < 1.29 is 9.59 Å². The average molecular weight is 206 g/mol. The van der Waals surface area contributed by atoms with Gasteiger partial charge in [-0.25, -0.2) is 9.59 Å². The zero-order chi connectivity index (χ0) is 11.3. The molecular formula is C11H14N2O2. The number of rotatable bonds is 2. The summed E-state index contributed by atoms with van der Waals surface area (Å²) in [6, 6.07) is 0. The average Bonchev–Trinajstić information content (AvgIpc) is 2.18. The summed E-state index contributed by atoms with van der Waals surface area (Å²) in [5.74, 6) is 0. The molecule has 0 radical (unpaired) electrons. The van der Waals surface area contributed by atoms with E-state index in [4.69, 9.17) is 0 Å². The highest BCUT2D eigenvalue weighted by Gasteiger charge is 2.36. The van der Waals surface area contributed by atoms with Gasteiger partial charge >= 0.3 is 0 Å². The molecule has 0 aromatic heterocycles. The normalized spacial score (nSPS) is 25.1. The van der Waals surface area contributed by atoms with Gasteiger partial charge in [0.2, 0.25) is 12.2 Å². The van der Waals surface area contributed by atoms with Crippen LogP contribution >= 0.6 is 0 Å². The van der Waals surface area contributed by atoms with Gasteiger partial charge in [-0.2, -0.15) is 9.98 Å². The van der Waals surface area contributed by atoms with Crippen molar-refractivity contribution in [1.29, 1.82) is 0 Å². The molecule has 1 fully saturated rings. The minimum atomic E-state index is -0.999. The second-order valence-corrected chi connectivity index (χ2v) is 3.91. The van der Waals surface area contributed by atoms with Gasteiger partial charge in [0.15, 0.2) is 5.66 Å². The molecule has 0 amide bonds. The molecular weight excluding hydrogens is 192 g/mol. The third-order valence-corrected chi connectivity index (χ3v) is 2.75. The number of hydrogen-bond acceptors (Lipinski definition) is 4. The van der Waals surface area contributed by atoms with E-state index in [-0.39, 0.29) is 0 Å². The lowest BCUT2D eigenvalue weighted by Crippen LogP contribution is -2.30. The van der Waals surface area contributed by atoms with Crippen LogP contribution in [0.4, 0.5) is 0 Å². The van der Waals surface area contributed by atoms with E-state index in [0.29, 0.717) is 6.42 Å². The van der Waals surface area contributed by atoms with Gasteiger partial charge in [0.1, 0.15) is 0 Å².